The molecule has 19 heavy (non-hydrogen) atoms. The Kier molecular flexibility index (Phi) is 3.93. The first-order valence-electron chi connectivity index (χ1n) is 6.99. The Morgan fingerprint density at radius 1 is 1.47 bits per heavy atom. The van der Waals surface area contributed by atoms with Gasteiger partial charge in [-0.15, -0.1) is 6.58 Å². The maximum absolute atomic E-state index is 11.7. The number of rotatable bonds is 3. The molecule has 0 unspecified atom stereocenters. The van der Waals surface area contributed by atoms with Gasteiger partial charge in [-0.05, 0) is 45.1 Å². The number of fused-ring (bicyclic) bond motifs is 1. The third-order valence-corrected chi connectivity index (χ3v) is 4.25. The highest BCUT2D eigenvalue weighted by molar-refractivity contribution is 5.91. The molecule has 0 aliphatic heterocycles. The Morgan fingerprint density at radius 2 is 2.21 bits per heavy atom. The highest BCUT2D eigenvalue weighted by Gasteiger charge is 2.47. The molecule has 3 nitrogen and oxygen atoms in total. The molecule has 0 aromatic heterocycles. The van der Waals surface area contributed by atoms with Gasteiger partial charge in [-0.2, -0.15) is 0 Å². The SMILES string of the molecule is C=C(C)C[C@@]12CCC(=O)C=C1CCC[C@@H]2OC(C)=O. The summed E-state index contributed by atoms with van der Waals surface area (Å²) < 4.78 is 5.57. The monoisotopic (exact) mass is 262 g/mol. The third kappa shape index (κ3) is 2.80. The van der Waals surface area contributed by atoms with Crippen LogP contribution in [-0.4, -0.2) is 17.9 Å². The van der Waals surface area contributed by atoms with Crippen LogP contribution in [0.25, 0.3) is 0 Å². The summed E-state index contributed by atoms with van der Waals surface area (Å²) in [5.74, 6) is -0.0277. The second-order valence-electron chi connectivity index (χ2n) is 5.92. The Balaban J connectivity index is 2.38. The van der Waals surface area contributed by atoms with Crippen LogP contribution in [0.3, 0.4) is 0 Å². The van der Waals surface area contributed by atoms with Crippen molar-refractivity contribution in [3.8, 4) is 0 Å². The first-order chi connectivity index (χ1) is 8.94. The van der Waals surface area contributed by atoms with Gasteiger partial charge in [-0.25, -0.2) is 0 Å². The van der Waals surface area contributed by atoms with Crippen LogP contribution in [-0.2, 0) is 14.3 Å². The molecule has 3 heteroatoms. The lowest BCUT2D eigenvalue weighted by Gasteiger charge is -2.47. The molecular weight excluding hydrogens is 240 g/mol. The van der Waals surface area contributed by atoms with E-state index in [0.717, 1.165) is 37.7 Å². The van der Waals surface area contributed by atoms with Gasteiger partial charge >= 0.3 is 5.97 Å². The van der Waals surface area contributed by atoms with Crippen LogP contribution in [0.15, 0.2) is 23.8 Å². The summed E-state index contributed by atoms with van der Waals surface area (Å²) in [6.45, 7) is 7.48. The molecule has 2 rings (SSSR count). The predicted molar refractivity (Wildman–Crippen MR) is 73.6 cm³/mol. The van der Waals surface area contributed by atoms with Crippen LogP contribution >= 0.6 is 0 Å². The molecule has 0 N–H and O–H groups in total. The Labute approximate surface area is 114 Å². The van der Waals surface area contributed by atoms with Crippen molar-refractivity contribution in [3.63, 3.8) is 0 Å². The van der Waals surface area contributed by atoms with Crippen molar-refractivity contribution in [2.75, 3.05) is 0 Å². The third-order valence-electron chi connectivity index (χ3n) is 4.25. The minimum atomic E-state index is -0.232. The lowest BCUT2D eigenvalue weighted by molar-refractivity contribution is -0.154. The minimum absolute atomic E-state index is 0.102. The highest BCUT2D eigenvalue weighted by atomic mass is 16.5. The van der Waals surface area contributed by atoms with Crippen LogP contribution in [0.4, 0.5) is 0 Å². The van der Waals surface area contributed by atoms with Crippen LogP contribution in [0.1, 0.15) is 52.4 Å². The van der Waals surface area contributed by atoms with Crippen molar-refractivity contribution in [2.45, 2.75) is 58.5 Å². The quantitative estimate of drug-likeness (QED) is 0.578. The first-order valence-corrected chi connectivity index (χ1v) is 6.99. The summed E-state index contributed by atoms with van der Waals surface area (Å²) in [4.78, 5) is 23.0. The van der Waals surface area contributed by atoms with E-state index < -0.39 is 0 Å². The van der Waals surface area contributed by atoms with Crippen molar-refractivity contribution in [1.29, 1.82) is 0 Å². The van der Waals surface area contributed by atoms with Gasteiger partial charge in [-0.3, -0.25) is 9.59 Å². The molecule has 0 saturated heterocycles. The standard InChI is InChI=1S/C16H22O3/c1-11(2)10-16-8-7-14(18)9-13(16)5-4-6-15(16)19-12(3)17/h9,15H,1,4-8,10H2,2-3H3/t15-,16-/m0/s1. The molecular formula is C16H22O3. The van der Waals surface area contributed by atoms with Gasteiger partial charge in [0.15, 0.2) is 5.78 Å². The molecule has 104 valence electrons. The predicted octanol–water partition coefficient (Wildman–Crippen LogP) is 3.34. The van der Waals surface area contributed by atoms with Crippen LogP contribution in [0.5, 0.6) is 0 Å². The largest absolute Gasteiger partial charge is 0.462 e. The molecule has 0 bridgehead atoms. The van der Waals surface area contributed by atoms with E-state index in [4.69, 9.17) is 4.74 Å². The van der Waals surface area contributed by atoms with Crippen molar-refractivity contribution >= 4 is 11.8 Å². The van der Waals surface area contributed by atoms with E-state index in [9.17, 15) is 9.59 Å². The maximum atomic E-state index is 11.7. The number of ether oxygens (including phenoxy) is 1. The van der Waals surface area contributed by atoms with Crippen molar-refractivity contribution < 1.29 is 14.3 Å². The average molecular weight is 262 g/mol. The topological polar surface area (TPSA) is 43.4 Å². The number of hydrogen-bond donors (Lipinski definition) is 0. The molecule has 0 amide bonds. The Hall–Kier alpha value is -1.38. The molecule has 2 aliphatic carbocycles. The second kappa shape index (κ2) is 5.32. The van der Waals surface area contributed by atoms with Gasteiger partial charge in [0, 0.05) is 18.8 Å². The zero-order valence-electron chi connectivity index (χ0n) is 11.8. The lowest BCUT2D eigenvalue weighted by Crippen LogP contribution is -2.45. The fourth-order valence-electron chi connectivity index (χ4n) is 3.59. The molecule has 0 heterocycles. The van der Waals surface area contributed by atoms with E-state index in [1.165, 1.54) is 12.5 Å². The highest BCUT2D eigenvalue weighted by Crippen LogP contribution is 2.51. The fourth-order valence-corrected chi connectivity index (χ4v) is 3.59. The van der Waals surface area contributed by atoms with Crippen LogP contribution in [0.2, 0.25) is 0 Å². The lowest BCUT2D eigenvalue weighted by atomic mass is 9.60. The Bertz CT molecular complexity index is 447. The van der Waals surface area contributed by atoms with E-state index in [2.05, 4.69) is 6.58 Å². The summed E-state index contributed by atoms with van der Waals surface area (Å²) in [7, 11) is 0. The number of esters is 1. The molecule has 0 aromatic rings. The zero-order chi connectivity index (χ0) is 14.0. The average Bonchev–Trinajstić information content (AvgIpc) is 2.29. The van der Waals surface area contributed by atoms with Crippen molar-refractivity contribution in [2.24, 2.45) is 5.41 Å². The number of allylic oxidation sites excluding steroid dienone is 2. The fraction of sp³-hybridized carbons (Fsp3) is 0.625. The summed E-state index contributed by atoms with van der Waals surface area (Å²) in [5, 5.41) is 0. The minimum Gasteiger partial charge on any atom is -0.462 e. The molecule has 0 aromatic carbocycles. The van der Waals surface area contributed by atoms with Gasteiger partial charge in [0.1, 0.15) is 6.10 Å². The number of ketones is 1. The molecule has 2 atom stereocenters. The van der Waals surface area contributed by atoms with Crippen LogP contribution < -0.4 is 0 Å². The van der Waals surface area contributed by atoms with Gasteiger partial charge < -0.3 is 4.74 Å². The smallest absolute Gasteiger partial charge is 0.302 e. The van der Waals surface area contributed by atoms with Gasteiger partial charge in [0.05, 0.1) is 0 Å². The van der Waals surface area contributed by atoms with Gasteiger partial charge in [0.2, 0.25) is 0 Å². The van der Waals surface area contributed by atoms with Crippen molar-refractivity contribution in [3.05, 3.63) is 23.8 Å². The first kappa shape index (κ1) is 14.0. The van der Waals surface area contributed by atoms with Gasteiger partial charge in [0.25, 0.3) is 0 Å². The summed E-state index contributed by atoms with van der Waals surface area (Å²) in [5.41, 5.74) is 2.08. The normalized spacial score (nSPS) is 30.3. The van der Waals surface area contributed by atoms with Crippen LogP contribution in [0, 0.1) is 5.41 Å². The molecule has 0 radical (unpaired) electrons. The maximum Gasteiger partial charge on any atom is 0.302 e. The van der Waals surface area contributed by atoms with E-state index in [1.807, 2.05) is 6.92 Å². The molecule has 2 aliphatic rings. The summed E-state index contributed by atoms with van der Waals surface area (Å²) in [6, 6.07) is 0. The zero-order valence-corrected chi connectivity index (χ0v) is 11.8. The summed E-state index contributed by atoms with van der Waals surface area (Å²) in [6.07, 6.45) is 6.64. The number of hydrogen-bond acceptors (Lipinski definition) is 3. The van der Waals surface area contributed by atoms with E-state index in [-0.39, 0.29) is 23.3 Å². The van der Waals surface area contributed by atoms with E-state index in [1.54, 1.807) is 6.08 Å². The van der Waals surface area contributed by atoms with Crippen molar-refractivity contribution in [1.82, 2.24) is 0 Å². The molecule has 1 saturated carbocycles. The van der Waals surface area contributed by atoms with Gasteiger partial charge in [-0.1, -0.05) is 11.1 Å². The number of carbonyl (C=O) groups excluding carboxylic acids is 2. The number of carbonyl (C=O) groups is 2. The second-order valence-corrected chi connectivity index (χ2v) is 5.92. The molecule has 1 fully saturated rings. The molecule has 0 spiro atoms. The Morgan fingerprint density at radius 3 is 2.84 bits per heavy atom. The van der Waals surface area contributed by atoms with E-state index in [0.29, 0.717) is 6.42 Å². The van der Waals surface area contributed by atoms with E-state index >= 15 is 0 Å². The summed E-state index contributed by atoms with van der Waals surface area (Å²) >= 11 is 0.